The highest BCUT2D eigenvalue weighted by Crippen LogP contribution is 2.33. The van der Waals surface area contributed by atoms with Gasteiger partial charge in [-0.1, -0.05) is 24.3 Å². The Morgan fingerprint density at radius 1 is 1.32 bits per heavy atom. The Labute approximate surface area is 111 Å². The molecule has 3 N–H and O–H groups in total. The first-order valence-corrected chi connectivity index (χ1v) is 6.26. The molecule has 0 amide bonds. The van der Waals surface area contributed by atoms with Crippen molar-refractivity contribution in [2.45, 2.75) is 25.7 Å². The van der Waals surface area contributed by atoms with Crippen molar-refractivity contribution < 1.29 is 9.47 Å². The van der Waals surface area contributed by atoms with E-state index in [2.05, 4.69) is 10.2 Å². The lowest BCUT2D eigenvalue weighted by atomic mass is 10.1. The Morgan fingerprint density at radius 3 is 2.58 bits per heavy atom. The quantitative estimate of drug-likeness (QED) is 0.869. The number of aromatic amines is 1. The number of nitrogens with two attached hydrogens (primary N) is 1. The number of ether oxygens (including phenoxy) is 2. The van der Waals surface area contributed by atoms with Crippen molar-refractivity contribution in [3.05, 3.63) is 35.9 Å². The molecule has 19 heavy (non-hydrogen) atoms. The molecule has 2 aromatic rings. The van der Waals surface area contributed by atoms with Crippen LogP contribution in [0.15, 0.2) is 30.3 Å². The van der Waals surface area contributed by atoms with E-state index in [1.54, 1.807) is 0 Å². The normalized spacial score (nSPS) is 21.7. The summed E-state index contributed by atoms with van der Waals surface area (Å²) < 4.78 is 11.4. The molecular formula is C14H17N3O2. The molecule has 5 nitrogen and oxygen atoms in total. The van der Waals surface area contributed by atoms with Crippen LogP contribution in [0.25, 0.3) is 11.3 Å². The summed E-state index contributed by atoms with van der Waals surface area (Å²) in [5.74, 6) is -0.00500. The van der Waals surface area contributed by atoms with Gasteiger partial charge in [0.1, 0.15) is 11.9 Å². The summed E-state index contributed by atoms with van der Waals surface area (Å²) in [6.45, 7) is 4.44. The zero-order chi connectivity index (χ0) is 13.5. The number of nitrogens with zero attached hydrogens (tertiary/aromatic N) is 1. The predicted octanol–water partition coefficient (Wildman–Crippen LogP) is 2.48. The maximum Gasteiger partial charge on any atom is 0.163 e. The molecule has 1 unspecified atom stereocenters. The molecule has 1 atom stereocenters. The van der Waals surface area contributed by atoms with Crippen molar-refractivity contribution in [2.75, 3.05) is 12.3 Å². The summed E-state index contributed by atoms with van der Waals surface area (Å²) in [7, 11) is 0. The van der Waals surface area contributed by atoms with Gasteiger partial charge in [-0.05, 0) is 25.0 Å². The molecule has 1 aliphatic heterocycles. The molecular weight excluding hydrogens is 242 g/mol. The smallest absolute Gasteiger partial charge is 0.163 e. The summed E-state index contributed by atoms with van der Waals surface area (Å²) in [6, 6.07) is 9.95. The Bertz CT molecular complexity index is 575. The van der Waals surface area contributed by atoms with E-state index >= 15 is 0 Å². The van der Waals surface area contributed by atoms with Crippen LogP contribution in [0.1, 0.15) is 25.5 Å². The van der Waals surface area contributed by atoms with Gasteiger partial charge in [-0.2, -0.15) is 5.10 Å². The average Bonchev–Trinajstić information content (AvgIpc) is 2.96. The van der Waals surface area contributed by atoms with Crippen molar-refractivity contribution in [1.29, 1.82) is 0 Å². The van der Waals surface area contributed by atoms with E-state index in [1.807, 2.05) is 44.2 Å². The molecule has 1 saturated heterocycles. The first kappa shape index (κ1) is 12.2. The highest BCUT2D eigenvalue weighted by atomic mass is 16.7. The Balaban J connectivity index is 1.80. The van der Waals surface area contributed by atoms with Crippen LogP contribution in [-0.4, -0.2) is 22.6 Å². The van der Waals surface area contributed by atoms with E-state index in [9.17, 15) is 0 Å². The summed E-state index contributed by atoms with van der Waals surface area (Å²) >= 11 is 0. The number of H-pyrrole nitrogens is 1. The van der Waals surface area contributed by atoms with Gasteiger partial charge >= 0.3 is 0 Å². The van der Waals surface area contributed by atoms with Crippen LogP contribution in [-0.2, 0) is 9.47 Å². The highest BCUT2D eigenvalue weighted by Gasteiger charge is 2.33. The number of aromatic nitrogens is 2. The third-order valence-corrected chi connectivity index (χ3v) is 3.20. The monoisotopic (exact) mass is 259 g/mol. The molecule has 0 radical (unpaired) electrons. The van der Waals surface area contributed by atoms with Crippen molar-refractivity contribution in [3.8, 4) is 11.3 Å². The van der Waals surface area contributed by atoms with E-state index < -0.39 is 5.79 Å². The van der Waals surface area contributed by atoms with Crippen LogP contribution in [0, 0.1) is 0 Å². The van der Waals surface area contributed by atoms with Gasteiger partial charge in [0.2, 0.25) is 0 Å². The van der Waals surface area contributed by atoms with Crippen LogP contribution in [0.4, 0.5) is 5.82 Å². The van der Waals surface area contributed by atoms with Crippen molar-refractivity contribution in [1.82, 2.24) is 10.2 Å². The van der Waals surface area contributed by atoms with E-state index in [0.29, 0.717) is 12.4 Å². The molecule has 1 aromatic heterocycles. The zero-order valence-corrected chi connectivity index (χ0v) is 11.0. The number of hydrogen-bond donors (Lipinski definition) is 2. The number of anilines is 1. The number of hydrogen-bond acceptors (Lipinski definition) is 4. The maximum absolute atomic E-state index is 5.82. The van der Waals surface area contributed by atoms with Crippen molar-refractivity contribution in [3.63, 3.8) is 0 Å². The minimum Gasteiger partial charge on any atom is -0.382 e. The van der Waals surface area contributed by atoms with Crippen LogP contribution in [0.3, 0.4) is 0 Å². The van der Waals surface area contributed by atoms with E-state index in [1.165, 1.54) is 0 Å². The fourth-order valence-corrected chi connectivity index (χ4v) is 2.21. The molecule has 0 saturated carbocycles. The molecule has 2 heterocycles. The first-order valence-electron chi connectivity index (χ1n) is 6.26. The molecule has 100 valence electrons. The summed E-state index contributed by atoms with van der Waals surface area (Å²) in [4.78, 5) is 0. The lowest BCUT2D eigenvalue weighted by Crippen LogP contribution is -2.19. The van der Waals surface area contributed by atoms with Gasteiger partial charge in [0.15, 0.2) is 5.79 Å². The fraction of sp³-hybridized carbons (Fsp3) is 0.357. The predicted molar refractivity (Wildman–Crippen MR) is 72.3 cm³/mol. The number of nitrogen functional groups attached to an aromatic ring is 1. The van der Waals surface area contributed by atoms with Crippen molar-refractivity contribution in [2.24, 2.45) is 0 Å². The zero-order valence-electron chi connectivity index (χ0n) is 11.0. The van der Waals surface area contributed by atoms with E-state index in [4.69, 9.17) is 15.2 Å². The van der Waals surface area contributed by atoms with E-state index in [0.717, 1.165) is 16.8 Å². The van der Waals surface area contributed by atoms with Gasteiger partial charge in [-0.3, -0.25) is 5.10 Å². The van der Waals surface area contributed by atoms with Crippen molar-refractivity contribution >= 4 is 5.82 Å². The third kappa shape index (κ3) is 2.47. The highest BCUT2D eigenvalue weighted by molar-refractivity contribution is 5.62. The number of rotatable bonds is 2. The van der Waals surface area contributed by atoms with Gasteiger partial charge in [0.05, 0.1) is 12.3 Å². The number of nitrogens with one attached hydrogen (secondary N) is 1. The summed E-state index contributed by atoms with van der Waals surface area (Å²) in [6.07, 6.45) is -0.00381. The first-order chi connectivity index (χ1) is 9.03. The van der Waals surface area contributed by atoms with Gasteiger partial charge in [-0.15, -0.1) is 0 Å². The average molecular weight is 259 g/mol. The second-order valence-corrected chi connectivity index (χ2v) is 5.15. The minimum absolute atomic E-state index is 0.00381. The molecule has 1 aromatic carbocycles. The largest absolute Gasteiger partial charge is 0.382 e. The van der Waals surface area contributed by atoms with Crippen LogP contribution in [0.2, 0.25) is 0 Å². The molecule has 5 heteroatoms. The topological polar surface area (TPSA) is 73.2 Å². The maximum atomic E-state index is 5.82. The summed E-state index contributed by atoms with van der Waals surface area (Å²) in [5, 5.41) is 6.81. The van der Waals surface area contributed by atoms with Gasteiger partial charge in [-0.25, -0.2) is 0 Å². The Kier molecular flexibility index (Phi) is 2.80. The standard InChI is InChI=1S/C14H17N3O2/c1-14(2)18-8-12(19-14)10-5-3-9(4-6-10)11-7-13(15)17-16-11/h3-7,12H,8H2,1-2H3,(H3,15,16,17). The molecule has 0 aliphatic carbocycles. The molecule has 1 aliphatic rings. The van der Waals surface area contributed by atoms with Crippen LogP contribution < -0.4 is 5.73 Å². The number of benzene rings is 1. The third-order valence-electron chi connectivity index (χ3n) is 3.20. The Morgan fingerprint density at radius 2 is 2.05 bits per heavy atom. The molecule has 1 fully saturated rings. The lowest BCUT2D eigenvalue weighted by Gasteiger charge is -2.17. The molecule has 0 spiro atoms. The van der Waals surface area contributed by atoms with Crippen LogP contribution in [0.5, 0.6) is 0 Å². The fourth-order valence-electron chi connectivity index (χ4n) is 2.21. The second-order valence-electron chi connectivity index (χ2n) is 5.15. The van der Waals surface area contributed by atoms with Gasteiger partial charge in [0, 0.05) is 6.07 Å². The van der Waals surface area contributed by atoms with Gasteiger partial charge < -0.3 is 15.2 Å². The van der Waals surface area contributed by atoms with Crippen LogP contribution >= 0.6 is 0 Å². The van der Waals surface area contributed by atoms with E-state index in [-0.39, 0.29) is 6.10 Å². The Hall–Kier alpha value is -1.85. The molecule has 3 rings (SSSR count). The second kappa shape index (κ2) is 4.36. The lowest BCUT2D eigenvalue weighted by molar-refractivity contribution is -0.139. The van der Waals surface area contributed by atoms with Gasteiger partial charge in [0.25, 0.3) is 0 Å². The summed E-state index contributed by atoms with van der Waals surface area (Å²) in [5.41, 5.74) is 8.67. The SMILES string of the molecule is CC1(C)OCC(c2ccc(-c3cc(N)n[nH]3)cc2)O1. The molecule has 0 bridgehead atoms. The minimum atomic E-state index is -0.499.